The number of amides is 1. The Balaban J connectivity index is 1.36. The number of hydrogen-bond acceptors (Lipinski definition) is 16. The summed E-state index contributed by atoms with van der Waals surface area (Å²) < 4.78 is 63.6. The fourth-order valence-electron chi connectivity index (χ4n) is 10.4. The summed E-state index contributed by atoms with van der Waals surface area (Å²) in [6.45, 7) is 18.5. The van der Waals surface area contributed by atoms with Crippen LogP contribution in [0.4, 0.5) is 9.59 Å². The lowest BCUT2D eigenvalue weighted by Gasteiger charge is -2.49. The van der Waals surface area contributed by atoms with Crippen molar-refractivity contribution in [3.63, 3.8) is 0 Å². The quantitative estimate of drug-likeness (QED) is 0.200. The molecule has 1 aromatic rings. The highest BCUT2D eigenvalue weighted by Gasteiger charge is 2.60. The van der Waals surface area contributed by atoms with Gasteiger partial charge in [0.2, 0.25) is 0 Å². The number of cyclic esters (lactones) is 1. The number of likely N-dealkylation sites (N-methyl/N-ethyl adjacent to an activating group) is 1. The lowest BCUT2D eigenvalue weighted by molar-refractivity contribution is -0.315. The fourth-order valence-corrected chi connectivity index (χ4v) is 10.6. The van der Waals surface area contributed by atoms with Crippen molar-refractivity contribution in [2.75, 3.05) is 21.2 Å². The van der Waals surface area contributed by atoms with E-state index in [0.717, 1.165) is 5.56 Å². The molecule has 0 saturated carbocycles. The van der Waals surface area contributed by atoms with Crippen LogP contribution in [-0.4, -0.2) is 146 Å². The molecular weight excluding hydrogens is 854 g/mol. The summed E-state index contributed by atoms with van der Waals surface area (Å²) in [6, 6.07) is 6.26. The second-order valence-corrected chi connectivity index (χ2v) is 19.7. The Hall–Kier alpha value is -3.29. The summed E-state index contributed by atoms with van der Waals surface area (Å²) in [5.41, 5.74) is -2.89. The molecule has 4 saturated heterocycles. The van der Waals surface area contributed by atoms with Crippen LogP contribution in [0.15, 0.2) is 29.3 Å². The summed E-state index contributed by atoms with van der Waals surface area (Å²) >= 11 is 6.32. The van der Waals surface area contributed by atoms with E-state index in [2.05, 4.69) is 5.32 Å². The Morgan fingerprint density at radius 3 is 2.34 bits per heavy atom. The summed E-state index contributed by atoms with van der Waals surface area (Å²) in [4.78, 5) is 47.7. The van der Waals surface area contributed by atoms with Crippen molar-refractivity contribution < 1.29 is 66.9 Å². The van der Waals surface area contributed by atoms with E-state index < -0.39 is 108 Å². The van der Waals surface area contributed by atoms with Gasteiger partial charge in [-0.15, -0.1) is 0 Å². The van der Waals surface area contributed by atoms with Crippen molar-refractivity contribution in [3.8, 4) is 0 Å². The van der Waals surface area contributed by atoms with Gasteiger partial charge in [-0.2, -0.15) is 0 Å². The van der Waals surface area contributed by atoms with Crippen LogP contribution in [0.3, 0.4) is 0 Å². The van der Waals surface area contributed by atoms with Crippen LogP contribution < -0.4 is 5.32 Å². The van der Waals surface area contributed by atoms with Crippen molar-refractivity contribution in [2.24, 2.45) is 22.7 Å². The third-order valence-corrected chi connectivity index (χ3v) is 14.3. The van der Waals surface area contributed by atoms with Gasteiger partial charge < -0.3 is 62.7 Å². The minimum atomic E-state index is -1.39. The van der Waals surface area contributed by atoms with Crippen molar-refractivity contribution in [1.82, 2.24) is 10.2 Å². The number of esters is 1. The molecule has 0 spiro atoms. The Morgan fingerprint density at radius 2 is 1.69 bits per heavy atom. The van der Waals surface area contributed by atoms with Crippen molar-refractivity contribution in [1.29, 1.82) is 0 Å². The molecule has 1 amide bonds. The number of aliphatic imine (C=N–C) groups is 1. The molecule has 2 N–H and O–H groups in total. The molecule has 17 nitrogen and oxygen atoms in total. The Morgan fingerprint density at radius 1 is 0.984 bits per heavy atom. The molecule has 64 heavy (non-hydrogen) atoms. The van der Waals surface area contributed by atoms with E-state index in [-0.39, 0.29) is 37.5 Å². The number of aliphatic hydroxyl groups is 1. The highest BCUT2D eigenvalue weighted by atomic mass is 35.5. The number of methoxy groups -OCH3 is 1. The zero-order valence-corrected chi connectivity index (χ0v) is 40.3. The molecule has 2 bridgehead atoms. The first-order chi connectivity index (χ1) is 30.0. The molecular formula is C46H70ClN3O14. The fraction of sp³-hybridized carbons (Fsp3) is 0.783. The van der Waals surface area contributed by atoms with Crippen LogP contribution in [0, 0.1) is 17.8 Å². The van der Waals surface area contributed by atoms with Crippen molar-refractivity contribution in [2.45, 2.75) is 192 Å². The minimum Gasteiger partial charge on any atom is -0.472 e. The number of rotatable bonds is 10. The second-order valence-electron chi connectivity index (χ2n) is 19.3. The molecule has 4 fully saturated rings. The van der Waals surface area contributed by atoms with Crippen LogP contribution >= 0.6 is 11.6 Å². The Bertz CT molecular complexity index is 1860. The highest BCUT2D eigenvalue weighted by molar-refractivity contribution is 6.31. The number of carbonyl (C=O) groups is 3. The molecule has 18 atom stereocenters. The van der Waals surface area contributed by atoms with Gasteiger partial charge in [0, 0.05) is 49.4 Å². The molecule has 0 aromatic heterocycles. The topological polar surface area (TPSA) is 191 Å². The number of benzene rings is 1. The second kappa shape index (κ2) is 19.9. The van der Waals surface area contributed by atoms with E-state index in [9.17, 15) is 19.5 Å². The maximum absolute atomic E-state index is 14.7. The monoisotopic (exact) mass is 923 g/mol. The number of nitrogens with zero attached hydrogens (tertiary/aromatic N) is 2. The van der Waals surface area contributed by atoms with Gasteiger partial charge in [-0.25, -0.2) is 14.6 Å². The minimum absolute atomic E-state index is 0.0867. The first kappa shape index (κ1) is 50.1. The first-order valence-corrected chi connectivity index (χ1v) is 23.0. The summed E-state index contributed by atoms with van der Waals surface area (Å²) in [5.74, 6) is -2.09. The van der Waals surface area contributed by atoms with Crippen molar-refractivity contribution in [3.05, 3.63) is 34.9 Å². The van der Waals surface area contributed by atoms with E-state index in [1.165, 1.54) is 7.11 Å². The zero-order valence-electron chi connectivity index (χ0n) is 39.5. The molecule has 5 aliphatic heterocycles. The SMILES string of the molecule is CC[C@H]1OC(=O)[C@H](C)[C@@H](O[C@H]2C[C@@](C)(OC)[C@@H](OC(=O)NCc3ccccc3Cl)[C@H](C)O2)[C@H](C)[C@@H](O[C@@H]2O[C@H](C)C[C@H](N(C)C)[C@H]2O)[C@]2(C)C[C@@H](C)C(=N[C@H](C)[C@H]3OC(=O)O[C@]31C)O2. The third kappa shape index (κ3) is 10.3. The zero-order chi connectivity index (χ0) is 47.1. The third-order valence-electron chi connectivity index (χ3n) is 14.0. The molecule has 18 heteroatoms. The number of aliphatic hydroxyl groups excluding tert-OH is 1. The molecule has 0 unspecified atom stereocenters. The number of fused-ring (bicyclic) bond motifs is 3. The number of halogens is 1. The van der Waals surface area contributed by atoms with Crippen molar-refractivity contribution >= 4 is 35.7 Å². The number of carbonyl (C=O) groups excluding carboxylic acids is 3. The van der Waals surface area contributed by atoms with Crippen LogP contribution in [-0.2, 0) is 58.7 Å². The van der Waals surface area contributed by atoms with Gasteiger partial charge in [0.25, 0.3) is 0 Å². The summed E-state index contributed by atoms with van der Waals surface area (Å²) in [6.07, 6.45) is -8.91. The van der Waals surface area contributed by atoms with Gasteiger partial charge in [0.05, 0.1) is 30.3 Å². The maximum Gasteiger partial charge on any atom is 0.509 e. The van der Waals surface area contributed by atoms with Crippen LogP contribution in [0.5, 0.6) is 0 Å². The molecule has 360 valence electrons. The highest BCUT2D eigenvalue weighted by Crippen LogP contribution is 2.45. The lowest BCUT2D eigenvalue weighted by Crippen LogP contribution is -2.61. The Kier molecular flexibility index (Phi) is 15.6. The molecule has 5 heterocycles. The van der Waals surface area contributed by atoms with Gasteiger partial charge in [-0.3, -0.25) is 4.79 Å². The maximum atomic E-state index is 14.7. The van der Waals surface area contributed by atoms with Gasteiger partial charge in [-0.05, 0) is 87.0 Å². The number of alkyl carbamates (subject to hydrolysis) is 1. The average Bonchev–Trinajstić information content (AvgIpc) is 3.71. The number of hydrogen-bond donors (Lipinski definition) is 2. The Labute approximate surface area is 382 Å². The van der Waals surface area contributed by atoms with E-state index in [0.29, 0.717) is 23.8 Å². The number of ether oxygens (including phenoxy) is 10. The molecule has 5 aliphatic rings. The van der Waals surface area contributed by atoms with E-state index >= 15 is 0 Å². The average molecular weight is 925 g/mol. The number of nitrogens with one attached hydrogen (secondary N) is 1. The summed E-state index contributed by atoms with van der Waals surface area (Å²) in [7, 11) is 5.33. The van der Waals surface area contributed by atoms with Gasteiger partial charge in [0.15, 0.2) is 36.3 Å². The largest absolute Gasteiger partial charge is 0.509 e. The van der Waals surface area contributed by atoms with Crippen LogP contribution in [0.1, 0.15) is 100 Å². The van der Waals surface area contributed by atoms with Crippen LogP contribution in [0.25, 0.3) is 0 Å². The van der Waals surface area contributed by atoms with Crippen LogP contribution in [0.2, 0.25) is 5.02 Å². The predicted molar refractivity (Wildman–Crippen MR) is 234 cm³/mol. The predicted octanol–water partition coefficient (Wildman–Crippen LogP) is 6.18. The van der Waals surface area contributed by atoms with Gasteiger partial charge in [0.1, 0.15) is 29.5 Å². The molecule has 0 radical (unpaired) electrons. The van der Waals surface area contributed by atoms with E-state index in [1.807, 2.05) is 79.6 Å². The standard InChI is InChI=1S/C46H70ClN3O14/c1-14-32-46(10)37(62-43(54)64-46)27(6)49-39-23(2)20-45(9,63-39)36(60-41-34(51)31(50(11)12)19-24(3)56-41)25(4)35(26(5)40(52)58-32)59-33-21-44(8,55-13)38(28(7)57-33)61-42(53)48-22-29-17-15-16-18-30(29)47/h15-18,23-28,31-38,41,51H,14,19-22H2,1-13H3,(H,48,53)/t23-,24-,25+,26-,27-,28+,31+,32-,33+,34-,35+,36-,37-,38+,41+,44-,45+,46+/m1/s1. The first-order valence-electron chi connectivity index (χ1n) is 22.6. The van der Waals surface area contributed by atoms with E-state index in [4.69, 9.17) is 64.0 Å². The van der Waals surface area contributed by atoms with E-state index in [1.54, 1.807) is 32.9 Å². The molecule has 0 aliphatic carbocycles. The molecule has 6 rings (SSSR count). The van der Waals surface area contributed by atoms with Gasteiger partial charge in [-0.1, -0.05) is 50.6 Å². The summed E-state index contributed by atoms with van der Waals surface area (Å²) in [5, 5.41) is 15.0. The smallest absolute Gasteiger partial charge is 0.472 e. The lowest BCUT2D eigenvalue weighted by atomic mass is 9.79. The molecule has 1 aromatic carbocycles. The van der Waals surface area contributed by atoms with Gasteiger partial charge >= 0.3 is 18.2 Å². The normalized spacial score (nSPS) is 42.9.